The van der Waals surface area contributed by atoms with Crippen molar-refractivity contribution in [2.75, 3.05) is 23.1 Å². The van der Waals surface area contributed by atoms with Crippen LogP contribution in [0.25, 0.3) is 0 Å². The van der Waals surface area contributed by atoms with E-state index in [4.69, 9.17) is 4.74 Å². The summed E-state index contributed by atoms with van der Waals surface area (Å²) in [5, 5.41) is 8.39. The Hall–Kier alpha value is -4.14. The van der Waals surface area contributed by atoms with Gasteiger partial charge in [0.2, 0.25) is 17.8 Å². The van der Waals surface area contributed by atoms with Crippen LogP contribution in [0, 0.1) is 13.8 Å². The Morgan fingerprint density at radius 2 is 1.91 bits per heavy atom. The molecule has 0 unspecified atom stereocenters. The van der Waals surface area contributed by atoms with Gasteiger partial charge in [0.1, 0.15) is 11.6 Å². The average molecular weight is 433 g/mol. The van der Waals surface area contributed by atoms with Crippen molar-refractivity contribution in [3.8, 4) is 5.75 Å². The average Bonchev–Trinajstić information content (AvgIpc) is 2.75. The molecule has 2 heterocycles. The van der Waals surface area contributed by atoms with Crippen LogP contribution < -0.4 is 26.2 Å². The van der Waals surface area contributed by atoms with Gasteiger partial charge in [0, 0.05) is 12.1 Å². The number of carbonyl (C=O) groups excluding carboxylic acids is 2. The predicted molar refractivity (Wildman–Crippen MR) is 122 cm³/mol. The first-order chi connectivity index (χ1) is 15.4. The van der Waals surface area contributed by atoms with Crippen LogP contribution in [0.5, 0.6) is 5.75 Å². The summed E-state index contributed by atoms with van der Waals surface area (Å²) in [5.74, 6) is -1.06. The summed E-state index contributed by atoms with van der Waals surface area (Å²) in [6.07, 6.45) is -0.145. The van der Waals surface area contributed by atoms with Crippen LogP contribution in [-0.2, 0) is 9.59 Å². The molecule has 2 aromatic carbocycles. The Labute approximate surface area is 184 Å². The number of aromatic nitrogens is 2. The number of hydrogen-bond donors (Lipinski definition) is 4. The molecule has 4 rings (SSSR count). The van der Waals surface area contributed by atoms with E-state index in [1.165, 1.54) is 7.11 Å². The van der Waals surface area contributed by atoms with Crippen LogP contribution in [0.4, 0.5) is 23.1 Å². The van der Waals surface area contributed by atoms with Crippen LogP contribution >= 0.6 is 0 Å². The molecule has 1 aliphatic rings. The number of carbonyl (C=O) groups is 2. The quantitative estimate of drug-likeness (QED) is 0.490. The molecule has 0 spiro atoms. The first-order valence-electron chi connectivity index (χ1n) is 10.1. The number of H-pyrrole nitrogens is 1. The molecule has 3 aromatic rings. The molecular weight excluding hydrogens is 410 g/mol. The molecule has 0 saturated heterocycles. The molecule has 0 saturated carbocycles. The van der Waals surface area contributed by atoms with Crippen LogP contribution in [-0.4, -0.2) is 28.9 Å². The summed E-state index contributed by atoms with van der Waals surface area (Å²) in [6.45, 7) is 3.92. The topological polar surface area (TPSA) is 125 Å². The molecule has 2 amide bonds. The van der Waals surface area contributed by atoms with E-state index >= 15 is 0 Å². The largest absolute Gasteiger partial charge is 0.495 e. The van der Waals surface area contributed by atoms with Crippen molar-refractivity contribution in [1.29, 1.82) is 0 Å². The predicted octanol–water partition coefficient (Wildman–Crippen LogP) is 3.20. The van der Waals surface area contributed by atoms with E-state index < -0.39 is 17.4 Å². The van der Waals surface area contributed by atoms with Crippen molar-refractivity contribution in [1.82, 2.24) is 9.97 Å². The molecule has 0 radical (unpaired) electrons. The van der Waals surface area contributed by atoms with Gasteiger partial charge in [-0.05, 0) is 49.2 Å². The third kappa shape index (κ3) is 4.18. The first kappa shape index (κ1) is 21.1. The van der Waals surface area contributed by atoms with Gasteiger partial charge in [-0.1, -0.05) is 18.2 Å². The van der Waals surface area contributed by atoms with Crippen molar-refractivity contribution in [3.63, 3.8) is 0 Å². The van der Waals surface area contributed by atoms with Gasteiger partial charge in [0.05, 0.1) is 24.3 Å². The molecule has 0 bridgehead atoms. The fourth-order valence-corrected chi connectivity index (χ4v) is 3.58. The number of methoxy groups -OCH3 is 1. The zero-order valence-corrected chi connectivity index (χ0v) is 17.9. The lowest BCUT2D eigenvalue weighted by Gasteiger charge is -2.24. The zero-order valence-electron chi connectivity index (χ0n) is 17.9. The van der Waals surface area contributed by atoms with E-state index in [-0.39, 0.29) is 29.7 Å². The van der Waals surface area contributed by atoms with E-state index in [0.717, 1.165) is 11.1 Å². The molecule has 9 nitrogen and oxygen atoms in total. The lowest BCUT2D eigenvalue weighted by atomic mass is 9.92. The van der Waals surface area contributed by atoms with E-state index in [1.54, 1.807) is 24.3 Å². The zero-order chi connectivity index (χ0) is 22.8. The number of rotatable bonds is 5. The highest BCUT2D eigenvalue weighted by Gasteiger charge is 2.34. The summed E-state index contributed by atoms with van der Waals surface area (Å²) in [5.41, 5.74) is 2.93. The van der Waals surface area contributed by atoms with Gasteiger partial charge in [0.15, 0.2) is 0 Å². The molecular formula is C23H23N5O4. The highest BCUT2D eigenvalue weighted by molar-refractivity contribution is 6.04. The highest BCUT2D eigenvalue weighted by Crippen LogP contribution is 2.31. The fraction of sp³-hybridized carbons (Fsp3) is 0.217. The minimum atomic E-state index is -0.961. The molecule has 0 fully saturated rings. The molecule has 4 N–H and O–H groups in total. The normalized spacial score (nSPS) is 14.8. The maximum absolute atomic E-state index is 13.0. The Morgan fingerprint density at radius 1 is 1.12 bits per heavy atom. The number of amides is 2. The lowest BCUT2D eigenvalue weighted by molar-refractivity contribution is -0.123. The van der Waals surface area contributed by atoms with Gasteiger partial charge in [-0.25, -0.2) is 0 Å². The highest BCUT2D eigenvalue weighted by atomic mass is 16.5. The maximum atomic E-state index is 13.0. The first-order valence-corrected chi connectivity index (χ1v) is 10.1. The minimum Gasteiger partial charge on any atom is -0.495 e. The number of anilines is 4. The Kier molecular flexibility index (Phi) is 5.63. The Balaban J connectivity index is 1.64. The number of benzene rings is 2. The summed E-state index contributed by atoms with van der Waals surface area (Å²) in [4.78, 5) is 45.2. The Bertz CT molecular complexity index is 1270. The number of hydrogen-bond acceptors (Lipinski definition) is 6. The SMILES string of the molecule is COc1ccccc1Nc1nc2c(c(=O)[nH]1)[C@H](C(=O)Nc1ccc(C)c(C)c1)CC(=O)N2. The maximum Gasteiger partial charge on any atom is 0.258 e. The van der Waals surface area contributed by atoms with Crippen molar-refractivity contribution >= 4 is 35.0 Å². The van der Waals surface area contributed by atoms with Gasteiger partial charge >= 0.3 is 0 Å². The number of ether oxygens (including phenoxy) is 1. The van der Waals surface area contributed by atoms with E-state index in [1.807, 2.05) is 32.0 Å². The summed E-state index contributed by atoms with van der Waals surface area (Å²) in [7, 11) is 1.53. The molecule has 32 heavy (non-hydrogen) atoms. The van der Waals surface area contributed by atoms with Crippen molar-refractivity contribution in [3.05, 3.63) is 69.5 Å². The van der Waals surface area contributed by atoms with Gasteiger partial charge in [0.25, 0.3) is 5.56 Å². The second-order valence-electron chi connectivity index (χ2n) is 7.60. The second kappa shape index (κ2) is 8.54. The van der Waals surface area contributed by atoms with Gasteiger partial charge in [-0.15, -0.1) is 0 Å². The second-order valence-corrected chi connectivity index (χ2v) is 7.60. The van der Waals surface area contributed by atoms with Crippen LogP contribution in [0.1, 0.15) is 29.0 Å². The minimum absolute atomic E-state index is 0.0580. The molecule has 1 aromatic heterocycles. The van der Waals surface area contributed by atoms with E-state index in [0.29, 0.717) is 17.1 Å². The Morgan fingerprint density at radius 3 is 2.66 bits per heavy atom. The smallest absolute Gasteiger partial charge is 0.258 e. The standard InChI is InChI=1S/C23H23N5O4/c1-12-8-9-14(10-13(12)2)24-21(30)15-11-18(29)26-20-19(15)22(31)28-23(27-20)25-16-6-4-5-7-17(16)32-3/h4-10,15H,11H2,1-3H3,(H,24,30)(H3,25,26,27,28,29,31)/t15-/m1/s1. The van der Waals surface area contributed by atoms with Crippen molar-refractivity contribution < 1.29 is 14.3 Å². The van der Waals surface area contributed by atoms with E-state index in [9.17, 15) is 14.4 Å². The van der Waals surface area contributed by atoms with Gasteiger partial charge in [-0.3, -0.25) is 19.4 Å². The lowest BCUT2D eigenvalue weighted by Crippen LogP contribution is -2.36. The molecule has 1 atom stereocenters. The molecule has 1 aliphatic heterocycles. The summed E-state index contributed by atoms with van der Waals surface area (Å²) < 4.78 is 5.29. The number of fused-ring (bicyclic) bond motifs is 1. The fourth-order valence-electron chi connectivity index (χ4n) is 3.58. The molecule has 9 heteroatoms. The monoisotopic (exact) mass is 433 g/mol. The summed E-state index contributed by atoms with van der Waals surface area (Å²) >= 11 is 0. The number of nitrogens with one attached hydrogen (secondary N) is 4. The van der Waals surface area contributed by atoms with Crippen LogP contribution in [0.2, 0.25) is 0 Å². The molecule has 164 valence electrons. The van der Waals surface area contributed by atoms with Gasteiger partial charge in [-0.2, -0.15) is 4.98 Å². The third-order valence-corrected chi connectivity index (χ3v) is 5.40. The van der Waals surface area contributed by atoms with Crippen molar-refractivity contribution in [2.45, 2.75) is 26.2 Å². The number of para-hydroxylation sites is 2. The van der Waals surface area contributed by atoms with Crippen LogP contribution in [0.15, 0.2) is 47.3 Å². The van der Waals surface area contributed by atoms with E-state index in [2.05, 4.69) is 25.9 Å². The number of aromatic amines is 1. The number of aryl methyl sites for hydroxylation is 2. The third-order valence-electron chi connectivity index (χ3n) is 5.40. The van der Waals surface area contributed by atoms with Crippen molar-refractivity contribution in [2.24, 2.45) is 0 Å². The van der Waals surface area contributed by atoms with Crippen LogP contribution in [0.3, 0.4) is 0 Å². The molecule has 0 aliphatic carbocycles. The summed E-state index contributed by atoms with van der Waals surface area (Å²) in [6, 6.07) is 12.7. The van der Waals surface area contributed by atoms with Gasteiger partial charge < -0.3 is 20.7 Å². The number of nitrogens with zero attached hydrogens (tertiary/aromatic N) is 1.